The first-order chi connectivity index (χ1) is 8.77. The van der Waals surface area contributed by atoms with Crippen molar-refractivity contribution in [2.24, 2.45) is 5.92 Å². The summed E-state index contributed by atoms with van der Waals surface area (Å²) in [7, 11) is 2.04. The third-order valence-electron chi connectivity index (χ3n) is 3.38. The van der Waals surface area contributed by atoms with Gasteiger partial charge in [0.05, 0.1) is 6.61 Å². The molecular formula is C15H21F2NO. The van der Waals surface area contributed by atoms with E-state index in [1.54, 1.807) is 0 Å². The lowest BCUT2D eigenvalue weighted by atomic mass is 9.86. The van der Waals surface area contributed by atoms with Crippen LogP contribution in [-0.4, -0.2) is 31.6 Å². The minimum atomic E-state index is -0.591. The van der Waals surface area contributed by atoms with Crippen LogP contribution in [0.1, 0.15) is 26.3 Å². The van der Waals surface area contributed by atoms with E-state index in [0.29, 0.717) is 23.8 Å². The first-order valence-corrected chi connectivity index (χ1v) is 6.58. The molecule has 0 aromatic heterocycles. The summed E-state index contributed by atoms with van der Waals surface area (Å²) in [4.78, 5) is 2.19. The van der Waals surface area contributed by atoms with Crippen LogP contribution in [0, 0.1) is 17.6 Å². The van der Waals surface area contributed by atoms with Gasteiger partial charge >= 0.3 is 0 Å². The summed E-state index contributed by atoms with van der Waals surface area (Å²) >= 11 is 0. The van der Waals surface area contributed by atoms with Crippen molar-refractivity contribution in [3.63, 3.8) is 0 Å². The van der Waals surface area contributed by atoms with E-state index in [1.165, 1.54) is 6.07 Å². The molecule has 1 aliphatic rings. The van der Waals surface area contributed by atoms with E-state index in [2.05, 4.69) is 4.90 Å². The molecule has 0 amide bonds. The molecule has 1 heterocycles. The van der Waals surface area contributed by atoms with Crippen LogP contribution in [0.4, 0.5) is 8.78 Å². The topological polar surface area (TPSA) is 12.5 Å². The fourth-order valence-electron chi connectivity index (χ4n) is 2.53. The minimum absolute atomic E-state index is 0.333. The summed E-state index contributed by atoms with van der Waals surface area (Å²) in [5.41, 5.74) is 0.0327. The van der Waals surface area contributed by atoms with Crippen molar-refractivity contribution in [2.45, 2.75) is 26.2 Å². The van der Waals surface area contributed by atoms with Gasteiger partial charge in [0.25, 0.3) is 0 Å². The minimum Gasteiger partial charge on any atom is -0.493 e. The van der Waals surface area contributed by atoms with Crippen molar-refractivity contribution in [3.05, 3.63) is 29.3 Å². The Morgan fingerprint density at radius 3 is 2.42 bits per heavy atom. The molecule has 1 aromatic carbocycles. The Kier molecular flexibility index (Phi) is 3.81. The Morgan fingerprint density at radius 2 is 1.89 bits per heavy atom. The van der Waals surface area contributed by atoms with Crippen LogP contribution >= 0.6 is 0 Å². The fraction of sp³-hybridized carbons (Fsp3) is 0.600. The number of nitrogens with zero attached hydrogens (tertiary/aromatic N) is 1. The highest BCUT2D eigenvalue weighted by molar-refractivity contribution is 5.40. The zero-order valence-corrected chi connectivity index (χ0v) is 12.0. The van der Waals surface area contributed by atoms with Crippen LogP contribution in [0.2, 0.25) is 0 Å². The number of hydrogen-bond donors (Lipinski definition) is 0. The number of likely N-dealkylation sites (tertiary alicyclic amines) is 1. The zero-order valence-electron chi connectivity index (χ0n) is 12.0. The molecule has 2 rings (SSSR count). The highest BCUT2D eigenvalue weighted by Crippen LogP contribution is 2.35. The van der Waals surface area contributed by atoms with Crippen LogP contribution in [-0.2, 0) is 5.41 Å². The molecule has 1 saturated heterocycles. The van der Waals surface area contributed by atoms with E-state index < -0.39 is 17.0 Å². The second-order valence-electron chi connectivity index (χ2n) is 6.41. The highest BCUT2D eigenvalue weighted by Gasteiger charge is 2.27. The molecule has 1 fully saturated rings. The average Bonchev–Trinajstić information content (AvgIpc) is 2.19. The maximum Gasteiger partial charge on any atom is 0.133 e. The molecule has 0 radical (unpaired) electrons. The Hall–Kier alpha value is -1.16. The SMILES string of the molecule is CN1CC(COc2cc(F)cc(F)c2C(C)(C)C)C1. The second-order valence-corrected chi connectivity index (χ2v) is 6.41. The monoisotopic (exact) mass is 269 g/mol. The van der Waals surface area contributed by atoms with Crippen molar-refractivity contribution in [1.82, 2.24) is 4.90 Å². The third kappa shape index (κ3) is 3.24. The van der Waals surface area contributed by atoms with Crippen LogP contribution in [0.15, 0.2) is 12.1 Å². The Morgan fingerprint density at radius 1 is 1.26 bits per heavy atom. The maximum absolute atomic E-state index is 14.0. The summed E-state index contributed by atoms with van der Waals surface area (Å²) in [5, 5.41) is 0. The van der Waals surface area contributed by atoms with E-state index in [9.17, 15) is 8.78 Å². The second kappa shape index (κ2) is 5.08. The molecule has 106 valence electrons. The van der Waals surface area contributed by atoms with Crippen molar-refractivity contribution >= 4 is 0 Å². The molecule has 0 bridgehead atoms. The van der Waals surface area contributed by atoms with E-state index in [0.717, 1.165) is 19.2 Å². The molecule has 0 spiro atoms. The number of halogens is 2. The van der Waals surface area contributed by atoms with Gasteiger partial charge in [0.2, 0.25) is 0 Å². The van der Waals surface area contributed by atoms with Gasteiger partial charge in [-0.25, -0.2) is 8.78 Å². The molecule has 19 heavy (non-hydrogen) atoms. The largest absolute Gasteiger partial charge is 0.493 e. The molecule has 4 heteroatoms. The molecule has 0 unspecified atom stereocenters. The predicted octanol–water partition coefficient (Wildman–Crippen LogP) is 3.20. The van der Waals surface area contributed by atoms with E-state index >= 15 is 0 Å². The van der Waals surface area contributed by atoms with Gasteiger partial charge in [-0.15, -0.1) is 0 Å². The van der Waals surface area contributed by atoms with Crippen LogP contribution in [0.25, 0.3) is 0 Å². The number of hydrogen-bond acceptors (Lipinski definition) is 2. The number of benzene rings is 1. The van der Waals surface area contributed by atoms with Crippen molar-refractivity contribution in [1.29, 1.82) is 0 Å². The van der Waals surface area contributed by atoms with Crippen LogP contribution in [0.3, 0.4) is 0 Å². The molecule has 2 nitrogen and oxygen atoms in total. The Bertz CT molecular complexity index is 462. The number of ether oxygens (including phenoxy) is 1. The first kappa shape index (κ1) is 14.3. The predicted molar refractivity (Wildman–Crippen MR) is 71.5 cm³/mol. The fourth-order valence-corrected chi connectivity index (χ4v) is 2.53. The normalized spacial score (nSPS) is 17.4. The molecular weight excluding hydrogens is 248 g/mol. The van der Waals surface area contributed by atoms with Gasteiger partial charge in [-0.2, -0.15) is 0 Å². The van der Waals surface area contributed by atoms with Gasteiger partial charge in [-0.05, 0) is 12.5 Å². The zero-order chi connectivity index (χ0) is 14.2. The van der Waals surface area contributed by atoms with Crippen LogP contribution < -0.4 is 4.74 Å². The van der Waals surface area contributed by atoms with Gasteiger partial charge in [0, 0.05) is 36.7 Å². The molecule has 0 N–H and O–H groups in total. The lowest BCUT2D eigenvalue weighted by Gasteiger charge is -2.36. The lowest BCUT2D eigenvalue weighted by Crippen LogP contribution is -2.46. The Labute approximate surface area is 113 Å². The van der Waals surface area contributed by atoms with E-state index in [4.69, 9.17) is 4.74 Å². The molecule has 0 aliphatic carbocycles. The van der Waals surface area contributed by atoms with Gasteiger partial charge in [0.1, 0.15) is 17.4 Å². The van der Waals surface area contributed by atoms with Crippen molar-refractivity contribution in [2.75, 3.05) is 26.7 Å². The maximum atomic E-state index is 14.0. The van der Waals surface area contributed by atoms with Crippen molar-refractivity contribution < 1.29 is 13.5 Å². The smallest absolute Gasteiger partial charge is 0.133 e. The summed E-state index contributed by atoms with van der Waals surface area (Å²) in [6.07, 6.45) is 0. The molecule has 0 saturated carbocycles. The van der Waals surface area contributed by atoms with Gasteiger partial charge < -0.3 is 9.64 Å². The summed E-state index contributed by atoms with van der Waals surface area (Å²) in [6, 6.07) is 2.20. The lowest BCUT2D eigenvalue weighted by molar-refractivity contribution is 0.0846. The molecule has 1 aliphatic heterocycles. The Balaban J connectivity index is 2.18. The summed E-state index contributed by atoms with van der Waals surface area (Å²) in [6.45, 7) is 8.15. The summed E-state index contributed by atoms with van der Waals surface area (Å²) in [5.74, 6) is -0.344. The van der Waals surface area contributed by atoms with Crippen LogP contribution in [0.5, 0.6) is 5.75 Å². The molecule has 1 aromatic rings. The highest BCUT2D eigenvalue weighted by atomic mass is 19.1. The average molecular weight is 269 g/mol. The van der Waals surface area contributed by atoms with Crippen molar-refractivity contribution in [3.8, 4) is 5.75 Å². The van der Waals surface area contributed by atoms with Gasteiger partial charge in [0.15, 0.2) is 0 Å². The number of rotatable bonds is 3. The quantitative estimate of drug-likeness (QED) is 0.835. The third-order valence-corrected chi connectivity index (χ3v) is 3.38. The molecule has 0 atom stereocenters. The van der Waals surface area contributed by atoms with E-state index in [1.807, 2.05) is 27.8 Å². The van der Waals surface area contributed by atoms with E-state index in [-0.39, 0.29) is 0 Å². The summed E-state index contributed by atoms with van der Waals surface area (Å²) < 4.78 is 33.0. The van der Waals surface area contributed by atoms with Gasteiger partial charge in [-0.3, -0.25) is 0 Å². The first-order valence-electron chi connectivity index (χ1n) is 6.58. The van der Waals surface area contributed by atoms with Gasteiger partial charge in [-0.1, -0.05) is 20.8 Å². The standard InChI is InChI=1S/C15H21F2NO/c1-15(2,3)14-12(17)5-11(16)6-13(14)19-9-10-7-18(4)8-10/h5-6,10H,7-9H2,1-4H3.